The second-order valence-corrected chi connectivity index (χ2v) is 8.98. The predicted molar refractivity (Wildman–Crippen MR) is 137 cm³/mol. The number of nitrogens with one attached hydrogen (secondary N) is 1. The van der Waals surface area contributed by atoms with Crippen molar-refractivity contribution in [1.82, 2.24) is 19.3 Å². The van der Waals surface area contributed by atoms with Gasteiger partial charge in [-0.3, -0.25) is 9.59 Å². The zero-order valence-corrected chi connectivity index (χ0v) is 19.3. The Morgan fingerprint density at radius 1 is 0.829 bits per heavy atom. The van der Waals surface area contributed by atoms with Gasteiger partial charge >= 0.3 is 0 Å². The molecule has 5 aromatic rings. The van der Waals surface area contributed by atoms with E-state index in [0.717, 1.165) is 54.1 Å². The molecule has 0 saturated carbocycles. The lowest BCUT2D eigenvalue weighted by molar-refractivity contribution is -0.116. The van der Waals surface area contributed by atoms with Crippen molar-refractivity contribution in [2.45, 2.75) is 38.8 Å². The van der Waals surface area contributed by atoms with Crippen molar-refractivity contribution < 1.29 is 4.79 Å². The smallest absolute Gasteiger partial charge is 0.244 e. The minimum Gasteiger partial charge on any atom is -0.331 e. The highest BCUT2D eigenvalue weighted by atomic mass is 16.2. The van der Waals surface area contributed by atoms with Gasteiger partial charge in [0, 0.05) is 35.0 Å². The first-order valence-corrected chi connectivity index (χ1v) is 12.0. The summed E-state index contributed by atoms with van der Waals surface area (Å²) in [5, 5.41) is 13.0. The number of aryl methyl sites for hydroxylation is 1. The lowest BCUT2D eigenvalue weighted by Crippen LogP contribution is -2.21. The zero-order valence-electron chi connectivity index (χ0n) is 19.3. The lowest BCUT2D eigenvalue weighted by Gasteiger charge is -2.15. The summed E-state index contributed by atoms with van der Waals surface area (Å²) in [7, 11) is 0. The number of hydrogen-bond acceptors (Lipinski definition) is 4. The van der Waals surface area contributed by atoms with E-state index in [1.54, 1.807) is 0 Å². The van der Waals surface area contributed by atoms with Gasteiger partial charge in [0.2, 0.25) is 5.91 Å². The van der Waals surface area contributed by atoms with Gasteiger partial charge in [-0.05, 0) is 61.4 Å². The topological polar surface area (TPSA) is 81.8 Å². The second kappa shape index (κ2) is 8.83. The van der Waals surface area contributed by atoms with Crippen LogP contribution in [0.25, 0.3) is 33.2 Å². The minimum atomic E-state index is -0.159. The molecular formula is C28H25N5O2. The molecule has 1 N–H and O–H groups in total. The van der Waals surface area contributed by atoms with E-state index in [1.807, 2.05) is 77.4 Å². The standard InChI is InChI=1S/C28H25N5O2/c34-26(18-33-23-10-5-3-8-21(23)27(35)22-9-4-6-11-24(22)33)29-20-15-13-19(14-16-20)28-31-30-25-12-2-1-7-17-32(25)28/h3-6,8-11,13-16H,1-2,7,12,17-18H2,(H,29,34). The van der Waals surface area contributed by atoms with Crippen LogP contribution in [0.3, 0.4) is 0 Å². The Balaban J connectivity index is 1.27. The second-order valence-electron chi connectivity index (χ2n) is 8.98. The van der Waals surface area contributed by atoms with Crippen molar-refractivity contribution in [3.8, 4) is 11.4 Å². The fourth-order valence-corrected chi connectivity index (χ4v) is 4.99. The van der Waals surface area contributed by atoms with Gasteiger partial charge in [0.05, 0.1) is 11.0 Å². The molecule has 7 heteroatoms. The van der Waals surface area contributed by atoms with E-state index in [0.29, 0.717) is 16.5 Å². The minimum absolute atomic E-state index is 0.0187. The Bertz CT molecular complexity index is 1550. The molecule has 1 aliphatic rings. The number of para-hydroxylation sites is 2. The summed E-state index contributed by atoms with van der Waals surface area (Å²) >= 11 is 0. The molecule has 0 spiro atoms. The number of hydrogen-bond donors (Lipinski definition) is 1. The van der Waals surface area contributed by atoms with Crippen LogP contribution in [0.15, 0.2) is 77.6 Å². The third kappa shape index (κ3) is 3.89. The third-order valence-corrected chi connectivity index (χ3v) is 6.72. The zero-order chi connectivity index (χ0) is 23.8. The fourth-order valence-electron chi connectivity index (χ4n) is 4.99. The monoisotopic (exact) mass is 463 g/mol. The number of nitrogens with zero attached hydrogens (tertiary/aromatic N) is 4. The fraction of sp³-hybridized carbons (Fsp3) is 0.214. The molecule has 0 bridgehead atoms. The number of fused-ring (bicyclic) bond motifs is 3. The van der Waals surface area contributed by atoms with E-state index in [-0.39, 0.29) is 17.9 Å². The van der Waals surface area contributed by atoms with Gasteiger partial charge in [-0.25, -0.2) is 0 Å². The number of carbonyl (C=O) groups is 1. The lowest BCUT2D eigenvalue weighted by atomic mass is 10.1. The summed E-state index contributed by atoms with van der Waals surface area (Å²) in [6, 6.07) is 22.6. The summed E-state index contributed by atoms with van der Waals surface area (Å²) < 4.78 is 4.12. The van der Waals surface area contributed by atoms with E-state index in [1.165, 1.54) is 6.42 Å². The summed E-state index contributed by atoms with van der Waals surface area (Å²) in [6.07, 6.45) is 4.48. The van der Waals surface area contributed by atoms with Crippen LogP contribution in [0.1, 0.15) is 25.1 Å². The van der Waals surface area contributed by atoms with Gasteiger partial charge in [0.25, 0.3) is 0 Å². The number of pyridine rings is 1. The SMILES string of the molecule is O=C(Cn1c2ccccc2c(=O)c2ccccc21)Nc1ccc(-c2nnc3n2CCCCC3)cc1. The molecule has 0 radical (unpaired) electrons. The predicted octanol–water partition coefficient (Wildman–Crippen LogP) is 4.78. The van der Waals surface area contributed by atoms with Gasteiger partial charge in [-0.2, -0.15) is 0 Å². The van der Waals surface area contributed by atoms with Crippen molar-refractivity contribution in [3.63, 3.8) is 0 Å². The maximum Gasteiger partial charge on any atom is 0.244 e. The van der Waals surface area contributed by atoms with Crippen LogP contribution in [0.4, 0.5) is 5.69 Å². The van der Waals surface area contributed by atoms with Gasteiger partial charge in [0.15, 0.2) is 11.3 Å². The van der Waals surface area contributed by atoms with Crippen LogP contribution in [0.2, 0.25) is 0 Å². The molecule has 6 rings (SSSR count). The van der Waals surface area contributed by atoms with Crippen LogP contribution in [-0.2, 0) is 24.3 Å². The van der Waals surface area contributed by atoms with Crippen LogP contribution in [0, 0.1) is 0 Å². The van der Waals surface area contributed by atoms with Crippen molar-refractivity contribution in [3.05, 3.63) is 88.8 Å². The van der Waals surface area contributed by atoms with E-state index in [2.05, 4.69) is 20.1 Å². The van der Waals surface area contributed by atoms with Gasteiger partial charge in [0.1, 0.15) is 12.4 Å². The molecule has 3 aromatic carbocycles. The molecule has 1 amide bonds. The summed E-state index contributed by atoms with van der Waals surface area (Å²) in [6.45, 7) is 1.04. The average molecular weight is 464 g/mol. The van der Waals surface area contributed by atoms with Crippen LogP contribution in [0.5, 0.6) is 0 Å². The summed E-state index contributed by atoms with van der Waals surface area (Å²) in [5.41, 5.74) is 3.17. The molecule has 0 atom stereocenters. The molecular weight excluding hydrogens is 438 g/mol. The maximum absolute atomic E-state index is 13.1. The highest BCUT2D eigenvalue weighted by molar-refractivity contribution is 5.97. The van der Waals surface area contributed by atoms with Crippen molar-refractivity contribution in [2.24, 2.45) is 0 Å². The number of carbonyl (C=O) groups excluding carboxylic acids is 1. The molecule has 0 saturated heterocycles. The number of amides is 1. The Kier molecular flexibility index (Phi) is 5.37. The van der Waals surface area contributed by atoms with Crippen molar-refractivity contribution in [2.75, 3.05) is 5.32 Å². The molecule has 2 aromatic heterocycles. The van der Waals surface area contributed by atoms with Crippen molar-refractivity contribution >= 4 is 33.4 Å². The number of rotatable bonds is 4. The van der Waals surface area contributed by atoms with Crippen LogP contribution < -0.4 is 10.7 Å². The number of aromatic nitrogens is 4. The first-order chi connectivity index (χ1) is 17.2. The average Bonchev–Trinajstić information content (AvgIpc) is 3.14. The number of benzene rings is 3. The Morgan fingerprint density at radius 2 is 1.51 bits per heavy atom. The van der Waals surface area contributed by atoms with Crippen LogP contribution in [-0.4, -0.2) is 25.2 Å². The van der Waals surface area contributed by atoms with Crippen molar-refractivity contribution in [1.29, 1.82) is 0 Å². The Labute approximate surface area is 202 Å². The number of anilines is 1. The van der Waals surface area contributed by atoms with E-state index >= 15 is 0 Å². The van der Waals surface area contributed by atoms with E-state index in [9.17, 15) is 9.59 Å². The van der Waals surface area contributed by atoms with Gasteiger partial charge < -0.3 is 14.5 Å². The molecule has 0 aliphatic carbocycles. The highest BCUT2D eigenvalue weighted by Crippen LogP contribution is 2.24. The van der Waals surface area contributed by atoms with E-state index < -0.39 is 0 Å². The Morgan fingerprint density at radius 3 is 2.23 bits per heavy atom. The summed E-state index contributed by atoms with van der Waals surface area (Å²) in [5.74, 6) is 1.77. The molecule has 0 unspecified atom stereocenters. The van der Waals surface area contributed by atoms with Gasteiger partial charge in [-0.1, -0.05) is 30.7 Å². The highest BCUT2D eigenvalue weighted by Gasteiger charge is 2.16. The molecule has 0 fully saturated rings. The van der Waals surface area contributed by atoms with Crippen LogP contribution >= 0.6 is 0 Å². The first kappa shape index (κ1) is 21.3. The summed E-state index contributed by atoms with van der Waals surface area (Å²) in [4.78, 5) is 26.0. The van der Waals surface area contributed by atoms with Gasteiger partial charge in [-0.15, -0.1) is 10.2 Å². The normalized spacial score (nSPS) is 13.5. The molecule has 3 heterocycles. The maximum atomic E-state index is 13.1. The molecule has 7 nitrogen and oxygen atoms in total. The van der Waals surface area contributed by atoms with E-state index in [4.69, 9.17) is 0 Å². The third-order valence-electron chi connectivity index (χ3n) is 6.72. The first-order valence-electron chi connectivity index (χ1n) is 12.0. The molecule has 1 aliphatic heterocycles. The molecule has 174 valence electrons. The quantitative estimate of drug-likeness (QED) is 0.389. The molecule has 35 heavy (non-hydrogen) atoms. The largest absolute Gasteiger partial charge is 0.331 e. The Hall–Kier alpha value is -4.26.